The lowest BCUT2D eigenvalue weighted by Gasteiger charge is -2.40. The lowest BCUT2D eigenvalue weighted by Crippen LogP contribution is -2.50. The van der Waals surface area contributed by atoms with E-state index in [1.807, 2.05) is 51.1 Å². The van der Waals surface area contributed by atoms with Crippen molar-refractivity contribution in [3.63, 3.8) is 0 Å². The minimum Gasteiger partial charge on any atom is -0.444 e. The summed E-state index contributed by atoms with van der Waals surface area (Å²) in [6, 6.07) is 19.0. The van der Waals surface area contributed by atoms with Crippen LogP contribution in [0, 0.1) is 0 Å². The number of nitrogens with one attached hydrogen (secondary N) is 1. The molecule has 4 rings (SSSR count). The van der Waals surface area contributed by atoms with E-state index in [4.69, 9.17) is 27.9 Å². The SMILES string of the molecule is CC(C)(C)OC(=O)N1CC[C@H](NCc2cc(-c3ccc(Cl)cc3Cl)ccc2OC(F)(F)F)[C@H](c2ccccc2)C1. The Morgan fingerprint density at radius 1 is 1.02 bits per heavy atom. The molecule has 1 N–H and O–H groups in total. The molecule has 1 fully saturated rings. The van der Waals surface area contributed by atoms with Crippen LogP contribution in [0.2, 0.25) is 10.0 Å². The molecule has 1 heterocycles. The number of benzene rings is 3. The highest BCUT2D eigenvalue weighted by molar-refractivity contribution is 6.36. The molecule has 5 nitrogen and oxygen atoms in total. The summed E-state index contributed by atoms with van der Waals surface area (Å²) in [4.78, 5) is 14.5. The van der Waals surface area contributed by atoms with Crippen molar-refractivity contribution in [2.75, 3.05) is 13.1 Å². The van der Waals surface area contributed by atoms with E-state index in [1.54, 1.807) is 29.2 Å². The highest BCUT2D eigenvalue weighted by atomic mass is 35.5. The largest absolute Gasteiger partial charge is 0.573 e. The Morgan fingerprint density at radius 2 is 1.75 bits per heavy atom. The summed E-state index contributed by atoms with van der Waals surface area (Å²) in [7, 11) is 0. The number of ether oxygens (including phenoxy) is 2. The molecule has 1 aliphatic heterocycles. The number of hydrogen-bond acceptors (Lipinski definition) is 4. The Labute approximate surface area is 242 Å². The zero-order valence-electron chi connectivity index (χ0n) is 22.4. The van der Waals surface area contributed by atoms with Crippen molar-refractivity contribution in [2.45, 2.75) is 57.7 Å². The molecule has 0 spiro atoms. The van der Waals surface area contributed by atoms with Crippen LogP contribution >= 0.6 is 23.2 Å². The molecule has 0 aromatic heterocycles. The van der Waals surface area contributed by atoms with E-state index in [9.17, 15) is 18.0 Å². The van der Waals surface area contributed by atoms with Crippen molar-refractivity contribution in [1.82, 2.24) is 10.2 Å². The zero-order chi connectivity index (χ0) is 29.1. The van der Waals surface area contributed by atoms with Gasteiger partial charge in [-0.1, -0.05) is 65.7 Å². The molecule has 3 aromatic carbocycles. The second kappa shape index (κ2) is 12.3. The first kappa shape index (κ1) is 30.0. The molecular weight excluding hydrogens is 564 g/mol. The molecule has 0 saturated carbocycles. The molecule has 40 heavy (non-hydrogen) atoms. The maximum atomic E-state index is 13.2. The van der Waals surface area contributed by atoms with Gasteiger partial charge in [0, 0.05) is 52.8 Å². The van der Waals surface area contributed by atoms with Gasteiger partial charge in [-0.2, -0.15) is 0 Å². The van der Waals surface area contributed by atoms with Crippen molar-refractivity contribution in [2.24, 2.45) is 0 Å². The predicted octanol–water partition coefficient (Wildman–Crippen LogP) is 8.44. The normalized spacial score (nSPS) is 17.9. The second-order valence-electron chi connectivity index (χ2n) is 10.7. The molecule has 1 amide bonds. The van der Waals surface area contributed by atoms with Gasteiger partial charge in [0.2, 0.25) is 0 Å². The molecule has 3 aromatic rings. The third kappa shape index (κ3) is 8.05. The van der Waals surface area contributed by atoms with Gasteiger partial charge in [-0.15, -0.1) is 13.2 Å². The summed E-state index contributed by atoms with van der Waals surface area (Å²) in [5.74, 6) is -0.403. The number of nitrogens with zero attached hydrogens (tertiary/aromatic N) is 1. The van der Waals surface area contributed by atoms with E-state index in [2.05, 4.69) is 10.1 Å². The van der Waals surface area contributed by atoms with Gasteiger partial charge in [0.1, 0.15) is 11.4 Å². The number of hydrogen-bond donors (Lipinski definition) is 1. The fourth-order valence-corrected chi connectivity index (χ4v) is 5.32. The van der Waals surface area contributed by atoms with E-state index >= 15 is 0 Å². The average Bonchev–Trinajstić information content (AvgIpc) is 2.87. The first-order valence-corrected chi connectivity index (χ1v) is 13.6. The van der Waals surface area contributed by atoms with Gasteiger partial charge >= 0.3 is 12.5 Å². The summed E-state index contributed by atoms with van der Waals surface area (Å²) in [5, 5.41) is 4.28. The summed E-state index contributed by atoms with van der Waals surface area (Å²) < 4.78 is 49.7. The van der Waals surface area contributed by atoms with Crippen LogP contribution in [0.15, 0.2) is 66.7 Å². The molecule has 1 aliphatic rings. The van der Waals surface area contributed by atoms with Crippen molar-refractivity contribution < 1.29 is 27.4 Å². The van der Waals surface area contributed by atoms with Crippen LogP contribution in [-0.4, -0.2) is 42.1 Å². The molecule has 10 heteroatoms. The highest BCUT2D eigenvalue weighted by Gasteiger charge is 2.35. The molecule has 0 aliphatic carbocycles. The highest BCUT2D eigenvalue weighted by Crippen LogP contribution is 2.36. The number of likely N-dealkylation sites (tertiary alicyclic amines) is 1. The first-order chi connectivity index (χ1) is 18.8. The van der Waals surface area contributed by atoms with Gasteiger partial charge in [-0.3, -0.25) is 0 Å². The molecule has 2 atom stereocenters. The minimum atomic E-state index is -4.85. The van der Waals surface area contributed by atoms with Crippen LogP contribution in [0.5, 0.6) is 5.75 Å². The second-order valence-corrected chi connectivity index (χ2v) is 11.6. The molecule has 0 unspecified atom stereocenters. The van der Waals surface area contributed by atoms with Crippen molar-refractivity contribution in [1.29, 1.82) is 0 Å². The van der Waals surface area contributed by atoms with E-state index in [0.29, 0.717) is 46.2 Å². The summed E-state index contributed by atoms with van der Waals surface area (Å²) in [6.45, 7) is 6.41. The van der Waals surface area contributed by atoms with E-state index in [-0.39, 0.29) is 30.3 Å². The van der Waals surface area contributed by atoms with Gasteiger partial charge in [0.15, 0.2) is 0 Å². The van der Waals surface area contributed by atoms with Crippen LogP contribution in [0.1, 0.15) is 44.2 Å². The zero-order valence-corrected chi connectivity index (χ0v) is 23.9. The quantitative estimate of drug-likeness (QED) is 0.311. The van der Waals surface area contributed by atoms with Crippen molar-refractivity contribution in [3.05, 3.63) is 87.9 Å². The van der Waals surface area contributed by atoms with E-state index < -0.39 is 12.0 Å². The van der Waals surface area contributed by atoms with Crippen LogP contribution in [0.3, 0.4) is 0 Å². The average molecular weight is 595 g/mol. The summed E-state index contributed by atoms with van der Waals surface area (Å²) in [5.41, 5.74) is 1.98. The number of halogens is 5. The Morgan fingerprint density at radius 3 is 2.40 bits per heavy atom. The van der Waals surface area contributed by atoms with Crippen molar-refractivity contribution >= 4 is 29.3 Å². The summed E-state index contributed by atoms with van der Waals surface area (Å²) in [6.07, 6.45) is -4.66. The number of carbonyl (C=O) groups is 1. The molecule has 0 radical (unpaired) electrons. The number of rotatable bonds is 6. The Kier molecular flexibility index (Phi) is 9.22. The Hall–Kier alpha value is -2.94. The fourth-order valence-electron chi connectivity index (χ4n) is 4.80. The number of carbonyl (C=O) groups excluding carboxylic acids is 1. The fraction of sp³-hybridized carbons (Fsp3) is 0.367. The third-order valence-electron chi connectivity index (χ3n) is 6.58. The van der Waals surface area contributed by atoms with Gasteiger partial charge in [-0.05, 0) is 62.6 Å². The van der Waals surface area contributed by atoms with Gasteiger partial charge < -0.3 is 19.7 Å². The van der Waals surface area contributed by atoms with Gasteiger partial charge in [-0.25, -0.2) is 4.79 Å². The molecule has 1 saturated heterocycles. The van der Waals surface area contributed by atoms with Crippen LogP contribution in [0.25, 0.3) is 11.1 Å². The Bertz CT molecular complexity index is 1330. The lowest BCUT2D eigenvalue weighted by molar-refractivity contribution is -0.274. The Balaban J connectivity index is 1.60. The monoisotopic (exact) mass is 594 g/mol. The lowest BCUT2D eigenvalue weighted by atomic mass is 9.86. The van der Waals surface area contributed by atoms with E-state index in [1.165, 1.54) is 12.1 Å². The molecule has 0 bridgehead atoms. The smallest absolute Gasteiger partial charge is 0.444 e. The predicted molar refractivity (Wildman–Crippen MR) is 151 cm³/mol. The number of piperidine rings is 1. The first-order valence-electron chi connectivity index (χ1n) is 12.9. The number of amides is 1. The molecular formula is C30H31Cl2F3N2O3. The van der Waals surface area contributed by atoms with Crippen molar-refractivity contribution in [3.8, 4) is 16.9 Å². The third-order valence-corrected chi connectivity index (χ3v) is 7.12. The van der Waals surface area contributed by atoms with Crippen LogP contribution in [0.4, 0.5) is 18.0 Å². The van der Waals surface area contributed by atoms with Crippen LogP contribution in [-0.2, 0) is 11.3 Å². The van der Waals surface area contributed by atoms with Gasteiger partial charge in [0.25, 0.3) is 0 Å². The maximum absolute atomic E-state index is 13.2. The number of alkyl halides is 3. The summed E-state index contributed by atoms with van der Waals surface area (Å²) >= 11 is 12.4. The minimum absolute atomic E-state index is 0.102. The van der Waals surface area contributed by atoms with Crippen LogP contribution < -0.4 is 10.1 Å². The van der Waals surface area contributed by atoms with E-state index in [0.717, 1.165) is 5.56 Å². The topological polar surface area (TPSA) is 50.8 Å². The maximum Gasteiger partial charge on any atom is 0.573 e. The standard InChI is InChI=1S/C30H31Cl2F3N2O3/c1-29(2,3)40-28(38)37-14-13-26(24(18-37)19-7-5-4-6-8-19)36-17-21-15-20(9-12-27(21)39-30(33,34)35)23-11-10-22(31)16-25(23)32/h4-12,15-16,24,26,36H,13-14,17-18H2,1-3H3/t24-,26-/m0/s1. The molecule has 214 valence electrons. The van der Waals surface area contributed by atoms with Gasteiger partial charge in [0.05, 0.1) is 0 Å².